The van der Waals surface area contributed by atoms with Crippen LogP contribution >= 0.6 is 12.2 Å². The van der Waals surface area contributed by atoms with Crippen LogP contribution in [0.2, 0.25) is 0 Å². The Kier molecular flexibility index (Phi) is 7.36. The molecule has 0 aliphatic heterocycles. The molecule has 1 atom stereocenters. The van der Waals surface area contributed by atoms with Crippen molar-refractivity contribution in [2.45, 2.75) is 45.6 Å². The normalized spacial score (nSPS) is 12.1. The maximum Gasteiger partial charge on any atom is 0.338 e. The molecule has 0 aliphatic carbocycles. The summed E-state index contributed by atoms with van der Waals surface area (Å²) in [5.41, 5.74) is 2.60. The molecule has 2 aromatic rings. The largest absolute Gasteiger partial charge is 0.462 e. The van der Waals surface area contributed by atoms with Crippen molar-refractivity contribution < 1.29 is 9.53 Å². The van der Waals surface area contributed by atoms with Gasteiger partial charge in [-0.3, -0.25) is 0 Å². The highest BCUT2D eigenvalue weighted by Crippen LogP contribution is 2.28. The zero-order valence-electron chi connectivity index (χ0n) is 16.4. The molecular weight excluding hydrogens is 356 g/mol. The van der Waals surface area contributed by atoms with Gasteiger partial charge in [0.2, 0.25) is 0 Å². The van der Waals surface area contributed by atoms with Gasteiger partial charge in [0.1, 0.15) is 0 Å². The van der Waals surface area contributed by atoms with E-state index < -0.39 is 0 Å². The number of carbonyl (C=O) groups excluding carboxylic acids is 1. The van der Waals surface area contributed by atoms with Crippen LogP contribution in [0.3, 0.4) is 0 Å². The zero-order valence-corrected chi connectivity index (χ0v) is 17.2. The third-order valence-corrected chi connectivity index (χ3v) is 4.60. The van der Waals surface area contributed by atoms with Crippen LogP contribution in [0.4, 0.5) is 5.69 Å². The first-order valence-electron chi connectivity index (χ1n) is 9.22. The van der Waals surface area contributed by atoms with E-state index in [9.17, 15) is 4.79 Å². The lowest BCUT2D eigenvalue weighted by molar-refractivity contribution is 0.0526. The van der Waals surface area contributed by atoms with Crippen LogP contribution in [0.5, 0.6) is 0 Å². The van der Waals surface area contributed by atoms with Gasteiger partial charge in [-0.15, -0.1) is 0 Å². The van der Waals surface area contributed by atoms with Gasteiger partial charge in [-0.1, -0.05) is 50.2 Å². The van der Waals surface area contributed by atoms with Crippen LogP contribution in [-0.2, 0) is 10.2 Å². The molecule has 0 radical (unpaired) electrons. The summed E-state index contributed by atoms with van der Waals surface area (Å²) < 4.78 is 5.03. The molecule has 0 aromatic heterocycles. The number of ether oxygens (including phenoxy) is 1. The molecule has 2 aromatic carbocycles. The van der Waals surface area contributed by atoms with Gasteiger partial charge in [0.15, 0.2) is 5.11 Å². The van der Waals surface area contributed by atoms with Crippen molar-refractivity contribution in [3.8, 4) is 0 Å². The molecule has 0 amide bonds. The highest BCUT2D eigenvalue weighted by atomic mass is 32.1. The number of carbonyl (C=O) groups is 1. The molecule has 144 valence electrons. The van der Waals surface area contributed by atoms with E-state index in [2.05, 4.69) is 55.7 Å². The Balaban J connectivity index is 1.93. The van der Waals surface area contributed by atoms with Crippen molar-refractivity contribution in [3.05, 3.63) is 65.7 Å². The fraction of sp³-hybridized carbons (Fsp3) is 0.364. The Morgan fingerprint density at radius 2 is 1.85 bits per heavy atom. The van der Waals surface area contributed by atoms with Crippen LogP contribution in [0.1, 0.15) is 50.0 Å². The van der Waals surface area contributed by atoms with Gasteiger partial charge in [-0.25, -0.2) is 4.79 Å². The van der Waals surface area contributed by atoms with Gasteiger partial charge in [0, 0.05) is 11.7 Å². The Morgan fingerprint density at radius 1 is 1.15 bits per heavy atom. The molecule has 0 unspecified atom stereocenters. The third-order valence-electron chi connectivity index (χ3n) is 4.38. The van der Waals surface area contributed by atoms with Crippen molar-refractivity contribution in [1.29, 1.82) is 0 Å². The van der Waals surface area contributed by atoms with E-state index in [-0.39, 0.29) is 17.4 Å². The van der Waals surface area contributed by atoms with Gasteiger partial charge in [-0.05, 0) is 61.7 Å². The van der Waals surface area contributed by atoms with E-state index in [1.54, 1.807) is 25.1 Å². The Hall–Kier alpha value is -2.40. The van der Waals surface area contributed by atoms with E-state index in [0.717, 1.165) is 12.1 Å². The number of anilines is 1. The quantitative estimate of drug-likeness (QED) is 0.525. The van der Waals surface area contributed by atoms with Crippen molar-refractivity contribution >= 4 is 29.0 Å². The maximum atomic E-state index is 11.9. The van der Waals surface area contributed by atoms with Gasteiger partial charge < -0.3 is 15.4 Å². The minimum atomic E-state index is -0.335. The van der Waals surface area contributed by atoms with E-state index in [4.69, 9.17) is 17.0 Å². The average molecular weight is 385 g/mol. The van der Waals surface area contributed by atoms with Crippen LogP contribution in [-0.4, -0.2) is 23.7 Å². The maximum absolute atomic E-state index is 11.9. The molecule has 0 heterocycles. The molecule has 0 aliphatic rings. The Morgan fingerprint density at radius 3 is 2.52 bits per heavy atom. The first-order chi connectivity index (χ1) is 12.8. The minimum Gasteiger partial charge on any atom is -0.462 e. The number of nitrogens with one attached hydrogen (secondary N) is 2. The Bertz CT molecular complexity index is 775. The highest BCUT2D eigenvalue weighted by molar-refractivity contribution is 7.80. The number of hydrogen-bond donors (Lipinski definition) is 2. The van der Waals surface area contributed by atoms with Crippen LogP contribution in [0.25, 0.3) is 0 Å². The monoisotopic (exact) mass is 384 g/mol. The van der Waals surface area contributed by atoms with Crippen LogP contribution < -0.4 is 10.6 Å². The number of benzene rings is 2. The van der Waals surface area contributed by atoms with E-state index in [1.807, 2.05) is 12.1 Å². The third kappa shape index (κ3) is 6.36. The lowest BCUT2D eigenvalue weighted by Gasteiger charge is -2.29. The summed E-state index contributed by atoms with van der Waals surface area (Å²) >= 11 is 5.44. The predicted molar refractivity (Wildman–Crippen MR) is 115 cm³/mol. The summed E-state index contributed by atoms with van der Waals surface area (Å²) in [5.74, 6) is -0.335. The lowest BCUT2D eigenvalue weighted by atomic mass is 9.79. The first-order valence-corrected chi connectivity index (χ1v) is 9.63. The molecule has 0 fully saturated rings. The molecule has 27 heavy (non-hydrogen) atoms. The fourth-order valence-corrected chi connectivity index (χ4v) is 3.47. The summed E-state index contributed by atoms with van der Waals surface area (Å²) in [4.78, 5) is 11.9. The smallest absolute Gasteiger partial charge is 0.338 e. The molecule has 0 saturated heterocycles. The minimum absolute atomic E-state index is 0.0348. The number of hydrogen-bond acceptors (Lipinski definition) is 3. The summed E-state index contributed by atoms with van der Waals surface area (Å²) in [6, 6.07) is 17.8. The molecule has 0 bridgehead atoms. The molecular formula is C22H28N2O2S. The molecule has 5 heteroatoms. The standard InChI is InChI=1S/C22H28N2O2S/c1-5-26-20(25)17-10-9-13-19(14-17)24-21(27)23-16(2)15-22(3,4)18-11-7-6-8-12-18/h6-14,16H,5,15H2,1-4H3,(H2,23,24,27)/t16-/m1/s1. The Labute approximate surface area is 167 Å². The molecule has 2 N–H and O–H groups in total. The van der Waals surface area contributed by atoms with Crippen molar-refractivity contribution in [3.63, 3.8) is 0 Å². The second-order valence-corrected chi connectivity index (χ2v) is 7.66. The number of esters is 1. The van der Waals surface area contributed by atoms with Crippen molar-refractivity contribution in [2.75, 3.05) is 11.9 Å². The number of thiocarbonyl (C=S) groups is 1. The van der Waals surface area contributed by atoms with E-state index in [1.165, 1.54) is 5.56 Å². The van der Waals surface area contributed by atoms with Gasteiger partial charge >= 0.3 is 5.97 Å². The molecule has 0 saturated carbocycles. The van der Waals surface area contributed by atoms with Crippen LogP contribution in [0, 0.1) is 0 Å². The SMILES string of the molecule is CCOC(=O)c1cccc(NC(=S)N[C@H](C)CC(C)(C)c2ccccc2)c1. The van der Waals surface area contributed by atoms with E-state index >= 15 is 0 Å². The average Bonchev–Trinajstić information content (AvgIpc) is 2.62. The molecule has 0 spiro atoms. The van der Waals surface area contributed by atoms with Crippen LogP contribution in [0.15, 0.2) is 54.6 Å². The predicted octanol–water partition coefficient (Wildman–Crippen LogP) is 4.91. The summed E-state index contributed by atoms with van der Waals surface area (Å²) in [7, 11) is 0. The van der Waals surface area contributed by atoms with Crippen molar-refractivity contribution in [1.82, 2.24) is 5.32 Å². The topological polar surface area (TPSA) is 50.4 Å². The molecule has 4 nitrogen and oxygen atoms in total. The highest BCUT2D eigenvalue weighted by Gasteiger charge is 2.23. The number of rotatable bonds is 7. The second-order valence-electron chi connectivity index (χ2n) is 7.25. The van der Waals surface area contributed by atoms with Crippen molar-refractivity contribution in [2.24, 2.45) is 0 Å². The summed E-state index contributed by atoms with van der Waals surface area (Å²) in [6.45, 7) is 8.73. The van der Waals surface area contributed by atoms with Gasteiger partial charge in [-0.2, -0.15) is 0 Å². The summed E-state index contributed by atoms with van der Waals surface area (Å²) in [6.07, 6.45) is 0.932. The fourth-order valence-electron chi connectivity index (χ4n) is 3.15. The first kappa shape index (κ1) is 20.9. The zero-order chi connectivity index (χ0) is 19.9. The van der Waals surface area contributed by atoms with Gasteiger partial charge in [0.05, 0.1) is 12.2 Å². The van der Waals surface area contributed by atoms with Gasteiger partial charge in [0.25, 0.3) is 0 Å². The molecule has 2 rings (SSSR count). The van der Waals surface area contributed by atoms with E-state index in [0.29, 0.717) is 17.3 Å². The summed E-state index contributed by atoms with van der Waals surface area (Å²) in [5, 5.41) is 7.02. The second kappa shape index (κ2) is 9.51. The lowest BCUT2D eigenvalue weighted by Crippen LogP contribution is -2.39.